The minimum Gasteiger partial charge on any atom is -0.302 e. The Hall–Kier alpha value is -1.60. The Bertz CT molecular complexity index is 545. The van der Waals surface area contributed by atoms with Crippen LogP contribution < -0.4 is 5.32 Å². The summed E-state index contributed by atoms with van der Waals surface area (Å²) < 4.78 is 0. The second kappa shape index (κ2) is 4.99. The van der Waals surface area contributed by atoms with Gasteiger partial charge in [-0.25, -0.2) is 0 Å². The Morgan fingerprint density at radius 2 is 1.10 bits per heavy atom. The van der Waals surface area contributed by atoms with Gasteiger partial charge in [0.2, 0.25) is 0 Å². The van der Waals surface area contributed by atoms with E-state index in [-0.39, 0.29) is 6.04 Å². The van der Waals surface area contributed by atoms with Gasteiger partial charge in [0.15, 0.2) is 0 Å². The van der Waals surface area contributed by atoms with Gasteiger partial charge < -0.3 is 5.32 Å². The van der Waals surface area contributed by atoms with Crippen LogP contribution in [0.2, 0.25) is 0 Å². The summed E-state index contributed by atoms with van der Waals surface area (Å²) in [5.74, 6) is 0. The molecule has 0 saturated heterocycles. The van der Waals surface area contributed by atoms with Crippen molar-refractivity contribution >= 4 is 0 Å². The molecule has 0 amide bonds. The molecule has 1 fully saturated rings. The van der Waals surface area contributed by atoms with E-state index >= 15 is 0 Å². The molecule has 110 valence electrons. The fraction of sp³-hybridized carbons (Fsp3) is 0.400. The highest BCUT2D eigenvalue weighted by atomic mass is 15.1. The van der Waals surface area contributed by atoms with E-state index in [0.717, 1.165) is 0 Å². The lowest BCUT2D eigenvalue weighted by atomic mass is 9.98. The molecule has 1 aliphatic carbocycles. The lowest BCUT2D eigenvalue weighted by Gasteiger charge is -2.21. The Kier molecular flexibility index (Phi) is 3.41. The molecule has 3 rings (SSSR count). The standard InChI is InChI=1S/C20H25N/c1-19(2)18(20(19,3)4)21-17(15-11-7-5-8-12-15)16-13-9-6-10-14-16/h5-14,17-18,21H,1-4H3. The molecule has 21 heavy (non-hydrogen) atoms. The second-order valence-electron chi connectivity index (χ2n) is 7.30. The molecule has 0 unspecified atom stereocenters. The van der Waals surface area contributed by atoms with E-state index in [4.69, 9.17) is 0 Å². The maximum atomic E-state index is 3.90. The van der Waals surface area contributed by atoms with Gasteiger partial charge in [-0.15, -0.1) is 0 Å². The van der Waals surface area contributed by atoms with Crippen LogP contribution in [-0.2, 0) is 0 Å². The van der Waals surface area contributed by atoms with E-state index in [1.54, 1.807) is 0 Å². The molecular formula is C20H25N. The molecule has 0 radical (unpaired) electrons. The average Bonchev–Trinajstić information content (AvgIpc) is 2.88. The van der Waals surface area contributed by atoms with E-state index in [2.05, 4.69) is 93.7 Å². The Labute approximate surface area is 128 Å². The van der Waals surface area contributed by atoms with Crippen LogP contribution in [0.15, 0.2) is 60.7 Å². The largest absolute Gasteiger partial charge is 0.302 e. The average molecular weight is 279 g/mol. The lowest BCUT2D eigenvalue weighted by molar-refractivity contribution is 0.457. The van der Waals surface area contributed by atoms with Gasteiger partial charge >= 0.3 is 0 Å². The van der Waals surface area contributed by atoms with E-state index in [1.165, 1.54) is 11.1 Å². The zero-order valence-corrected chi connectivity index (χ0v) is 13.4. The van der Waals surface area contributed by atoms with Gasteiger partial charge in [0, 0.05) is 6.04 Å². The van der Waals surface area contributed by atoms with E-state index in [1.807, 2.05) is 0 Å². The van der Waals surface area contributed by atoms with Crippen molar-refractivity contribution in [1.29, 1.82) is 0 Å². The van der Waals surface area contributed by atoms with Crippen LogP contribution in [0.1, 0.15) is 44.9 Å². The first-order valence-corrected chi connectivity index (χ1v) is 7.80. The summed E-state index contributed by atoms with van der Waals surface area (Å²) in [6, 6.07) is 22.3. The fourth-order valence-corrected chi connectivity index (χ4v) is 3.46. The van der Waals surface area contributed by atoms with Crippen molar-refractivity contribution in [2.75, 3.05) is 0 Å². The van der Waals surface area contributed by atoms with Crippen molar-refractivity contribution in [3.8, 4) is 0 Å². The molecule has 1 nitrogen and oxygen atoms in total. The Morgan fingerprint density at radius 1 is 0.714 bits per heavy atom. The SMILES string of the molecule is CC1(C)C(NC(c2ccccc2)c2ccccc2)C1(C)C. The molecule has 0 spiro atoms. The van der Waals surface area contributed by atoms with Crippen molar-refractivity contribution in [3.63, 3.8) is 0 Å². The zero-order valence-electron chi connectivity index (χ0n) is 13.4. The predicted molar refractivity (Wildman–Crippen MR) is 89.2 cm³/mol. The zero-order chi connectivity index (χ0) is 15.1. The predicted octanol–water partition coefficient (Wildman–Crippen LogP) is 4.80. The minimum absolute atomic E-state index is 0.262. The van der Waals surface area contributed by atoms with Crippen molar-refractivity contribution < 1.29 is 0 Å². The summed E-state index contributed by atoms with van der Waals surface area (Å²) in [6.07, 6.45) is 0. The van der Waals surface area contributed by atoms with Crippen LogP contribution in [0, 0.1) is 10.8 Å². The van der Waals surface area contributed by atoms with E-state index in [9.17, 15) is 0 Å². The molecule has 1 heteroatoms. The number of rotatable bonds is 4. The summed E-state index contributed by atoms with van der Waals surface area (Å²) in [5, 5.41) is 3.90. The number of hydrogen-bond donors (Lipinski definition) is 1. The molecule has 0 aliphatic heterocycles. The first kappa shape index (κ1) is 14.3. The van der Waals surface area contributed by atoms with E-state index in [0.29, 0.717) is 16.9 Å². The van der Waals surface area contributed by atoms with Gasteiger partial charge in [-0.2, -0.15) is 0 Å². The van der Waals surface area contributed by atoms with Crippen LogP contribution >= 0.6 is 0 Å². The molecule has 2 aromatic carbocycles. The highest BCUT2D eigenvalue weighted by Crippen LogP contribution is 2.63. The van der Waals surface area contributed by atoms with Crippen molar-refractivity contribution in [3.05, 3.63) is 71.8 Å². The summed E-state index contributed by atoms with van der Waals surface area (Å²) in [7, 11) is 0. The van der Waals surface area contributed by atoms with Crippen molar-refractivity contribution in [2.45, 2.75) is 39.8 Å². The quantitative estimate of drug-likeness (QED) is 0.847. The van der Waals surface area contributed by atoms with Gasteiger partial charge in [0.05, 0.1) is 6.04 Å². The third-order valence-electron chi connectivity index (χ3n) is 5.62. The van der Waals surface area contributed by atoms with Crippen molar-refractivity contribution in [1.82, 2.24) is 5.32 Å². The minimum atomic E-state index is 0.262. The van der Waals surface area contributed by atoms with Gasteiger partial charge in [-0.1, -0.05) is 88.4 Å². The molecule has 0 bridgehead atoms. The number of hydrogen-bond acceptors (Lipinski definition) is 1. The van der Waals surface area contributed by atoms with Crippen LogP contribution in [-0.4, -0.2) is 6.04 Å². The van der Waals surface area contributed by atoms with Gasteiger partial charge in [0.25, 0.3) is 0 Å². The van der Waals surface area contributed by atoms with E-state index < -0.39 is 0 Å². The molecule has 0 atom stereocenters. The molecule has 0 heterocycles. The first-order valence-electron chi connectivity index (χ1n) is 7.80. The Balaban J connectivity index is 1.92. The van der Waals surface area contributed by atoms with Crippen molar-refractivity contribution in [2.24, 2.45) is 10.8 Å². The number of nitrogens with one attached hydrogen (secondary N) is 1. The van der Waals surface area contributed by atoms with Crippen LogP contribution in [0.25, 0.3) is 0 Å². The smallest absolute Gasteiger partial charge is 0.0579 e. The molecule has 2 aromatic rings. The topological polar surface area (TPSA) is 12.0 Å². The third-order valence-corrected chi connectivity index (χ3v) is 5.62. The highest BCUT2D eigenvalue weighted by Gasteiger charge is 2.65. The lowest BCUT2D eigenvalue weighted by Crippen LogP contribution is -2.28. The first-order chi connectivity index (χ1) is 9.94. The highest BCUT2D eigenvalue weighted by molar-refractivity contribution is 5.33. The van der Waals surface area contributed by atoms with Crippen LogP contribution in [0.5, 0.6) is 0 Å². The second-order valence-corrected chi connectivity index (χ2v) is 7.30. The molecular weight excluding hydrogens is 254 g/mol. The maximum Gasteiger partial charge on any atom is 0.0579 e. The van der Waals surface area contributed by atoms with Gasteiger partial charge in [0.1, 0.15) is 0 Å². The summed E-state index contributed by atoms with van der Waals surface area (Å²) in [5.41, 5.74) is 3.35. The molecule has 0 aromatic heterocycles. The molecule has 1 aliphatic rings. The fourth-order valence-electron chi connectivity index (χ4n) is 3.46. The number of benzene rings is 2. The summed E-state index contributed by atoms with van der Waals surface area (Å²) in [6.45, 7) is 9.44. The van der Waals surface area contributed by atoms with Gasteiger partial charge in [-0.05, 0) is 22.0 Å². The van der Waals surface area contributed by atoms with Gasteiger partial charge in [-0.3, -0.25) is 0 Å². The monoisotopic (exact) mass is 279 g/mol. The normalized spacial score (nSPS) is 19.7. The summed E-state index contributed by atoms with van der Waals surface area (Å²) >= 11 is 0. The van der Waals surface area contributed by atoms with Crippen LogP contribution in [0.3, 0.4) is 0 Å². The maximum absolute atomic E-state index is 3.90. The molecule has 1 saturated carbocycles. The Morgan fingerprint density at radius 3 is 1.43 bits per heavy atom. The van der Waals surface area contributed by atoms with Crippen LogP contribution in [0.4, 0.5) is 0 Å². The summed E-state index contributed by atoms with van der Waals surface area (Å²) in [4.78, 5) is 0. The third kappa shape index (κ3) is 2.40. The molecule has 1 N–H and O–H groups in total.